The minimum atomic E-state index is -1.06. The standard InChI is InChI=1S/C18H21N5O3/c1-10-7-12(21-14-8-11(2)19-9-20-14)17(26)23-15(10)16(25)22-18(23)6-4-3-5-13(18)24/h7-9,13,24H,3-6H2,1-2H3,(H,22,25)(H,19,20,21). The number of anilines is 2. The number of pyridine rings is 1. The van der Waals surface area contributed by atoms with Crippen molar-refractivity contribution in [2.45, 2.75) is 51.3 Å². The Kier molecular flexibility index (Phi) is 3.80. The summed E-state index contributed by atoms with van der Waals surface area (Å²) in [6, 6.07) is 3.39. The van der Waals surface area contributed by atoms with E-state index in [1.54, 1.807) is 19.1 Å². The Morgan fingerprint density at radius 1 is 1.27 bits per heavy atom. The molecule has 0 bridgehead atoms. The highest BCUT2D eigenvalue weighted by Crippen LogP contribution is 2.37. The molecule has 3 N–H and O–H groups in total. The van der Waals surface area contributed by atoms with Gasteiger partial charge < -0.3 is 15.7 Å². The Morgan fingerprint density at radius 2 is 2.08 bits per heavy atom. The largest absolute Gasteiger partial charge is 0.389 e. The molecule has 26 heavy (non-hydrogen) atoms. The number of nitrogens with one attached hydrogen (secondary N) is 2. The second-order valence-electron chi connectivity index (χ2n) is 7.04. The fourth-order valence-corrected chi connectivity index (χ4v) is 4.01. The summed E-state index contributed by atoms with van der Waals surface area (Å²) in [5.41, 5.74) is 0.673. The molecule has 1 spiro atoms. The lowest BCUT2D eigenvalue weighted by molar-refractivity contribution is -0.0138. The van der Waals surface area contributed by atoms with Gasteiger partial charge in [-0.25, -0.2) is 9.97 Å². The van der Waals surface area contributed by atoms with E-state index in [9.17, 15) is 14.7 Å². The fourth-order valence-electron chi connectivity index (χ4n) is 4.01. The molecule has 1 amide bonds. The van der Waals surface area contributed by atoms with Crippen LogP contribution < -0.4 is 16.2 Å². The number of hydrogen-bond donors (Lipinski definition) is 3. The number of amides is 1. The van der Waals surface area contributed by atoms with Crippen LogP contribution in [0.1, 0.15) is 47.4 Å². The molecule has 1 aliphatic carbocycles. The van der Waals surface area contributed by atoms with Gasteiger partial charge in [-0.2, -0.15) is 0 Å². The summed E-state index contributed by atoms with van der Waals surface area (Å²) in [4.78, 5) is 33.9. The summed E-state index contributed by atoms with van der Waals surface area (Å²) in [5, 5.41) is 16.6. The third kappa shape index (κ3) is 2.40. The smallest absolute Gasteiger partial charge is 0.276 e. The van der Waals surface area contributed by atoms with Crippen LogP contribution in [0.3, 0.4) is 0 Å². The topological polar surface area (TPSA) is 109 Å². The van der Waals surface area contributed by atoms with Gasteiger partial charge in [-0.05, 0) is 44.7 Å². The molecule has 3 heterocycles. The first-order chi connectivity index (χ1) is 12.4. The first-order valence-electron chi connectivity index (χ1n) is 8.76. The average Bonchev–Trinajstić information content (AvgIpc) is 2.89. The van der Waals surface area contributed by atoms with Gasteiger partial charge in [-0.1, -0.05) is 6.42 Å². The fraction of sp³-hybridized carbons (Fsp3) is 0.444. The quantitative estimate of drug-likeness (QED) is 0.750. The molecule has 4 rings (SSSR count). The van der Waals surface area contributed by atoms with Crippen molar-refractivity contribution in [2.75, 3.05) is 5.32 Å². The first kappa shape index (κ1) is 16.7. The van der Waals surface area contributed by atoms with E-state index in [0.717, 1.165) is 18.5 Å². The summed E-state index contributed by atoms with van der Waals surface area (Å²) in [7, 11) is 0. The van der Waals surface area contributed by atoms with Gasteiger partial charge in [0.25, 0.3) is 11.5 Å². The molecule has 8 heteroatoms. The number of aryl methyl sites for hydroxylation is 2. The van der Waals surface area contributed by atoms with Gasteiger partial charge in [0.15, 0.2) is 0 Å². The SMILES string of the molecule is Cc1cc(Nc2cc(C)c3n(c2=O)C2(CCCCC2O)NC3=O)ncn1. The minimum absolute atomic E-state index is 0.315. The third-order valence-corrected chi connectivity index (χ3v) is 5.24. The van der Waals surface area contributed by atoms with Gasteiger partial charge in [0.1, 0.15) is 29.2 Å². The number of aliphatic hydroxyl groups excluding tert-OH is 1. The van der Waals surface area contributed by atoms with Crippen LogP contribution in [0.15, 0.2) is 23.3 Å². The molecule has 8 nitrogen and oxygen atoms in total. The highest BCUT2D eigenvalue weighted by atomic mass is 16.3. The van der Waals surface area contributed by atoms with Gasteiger partial charge in [0, 0.05) is 11.8 Å². The second kappa shape index (κ2) is 5.91. The summed E-state index contributed by atoms with van der Waals surface area (Å²) < 4.78 is 1.45. The zero-order valence-electron chi connectivity index (χ0n) is 14.7. The molecule has 2 aromatic rings. The van der Waals surface area contributed by atoms with Crippen molar-refractivity contribution in [1.82, 2.24) is 19.9 Å². The lowest BCUT2D eigenvalue weighted by Crippen LogP contribution is -2.57. The van der Waals surface area contributed by atoms with E-state index in [1.165, 1.54) is 10.9 Å². The predicted octanol–water partition coefficient (Wildman–Crippen LogP) is 1.33. The molecule has 1 saturated carbocycles. The lowest BCUT2D eigenvalue weighted by Gasteiger charge is -2.39. The van der Waals surface area contributed by atoms with E-state index in [2.05, 4.69) is 20.6 Å². The first-order valence-corrected chi connectivity index (χ1v) is 8.76. The molecular formula is C18H21N5O3. The molecule has 2 unspecified atom stereocenters. The van der Waals surface area contributed by atoms with Crippen molar-refractivity contribution in [1.29, 1.82) is 0 Å². The summed E-state index contributed by atoms with van der Waals surface area (Å²) in [6.07, 6.45) is 3.42. The van der Waals surface area contributed by atoms with E-state index in [0.29, 0.717) is 35.6 Å². The van der Waals surface area contributed by atoms with Crippen molar-refractivity contribution in [3.63, 3.8) is 0 Å². The number of nitrogens with zero attached hydrogens (tertiary/aromatic N) is 3. The van der Waals surface area contributed by atoms with Crippen molar-refractivity contribution >= 4 is 17.4 Å². The van der Waals surface area contributed by atoms with Crippen LogP contribution >= 0.6 is 0 Å². The minimum Gasteiger partial charge on any atom is -0.389 e. The lowest BCUT2D eigenvalue weighted by atomic mass is 9.86. The molecule has 2 aromatic heterocycles. The van der Waals surface area contributed by atoms with Crippen LogP contribution in [0, 0.1) is 13.8 Å². The van der Waals surface area contributed by atoms with Crippen molar-refractivity contribution in [3.05, 3.63) is 45.8 Å². The highest BCUT2D eigenvalue weighted by Gasteiger charge is 2.50. The van der Waals surface area contributed by atoms with E-state index < -0.39 is 11.8 Å². The normalized spacial score (nSPS) is 24.4. The zero-order chi connectivity index (χ0) is 18.5. The Balaban J connectivity index is 1.87. The Hall–Kier alpha value is -2.74. The predicted molar refractivity (Wildman–Crippen MR) is 95.4 cm³/mol. The van der Waals surface area contributed by atoms with E-state index >= 15 is 0 Å². The van der Waals surface area contributed by atoms with Crippen LogP contribution in [0.5, 0.6) is 0 Å². The van der Waals surface area contributed by atoms with Crippen molar-refractivity contribution in [3.8, 4) is 0 Å². The molecule has 1 aliphatic heterocycles. The molecule has 2 aliphatic rings. The number of carbonyl (C=O) groups excluding carboxylic acids is 1. The zero-order valence-corrected chi connectivity index (χ0v) is 14.7. The Bertz CT molecular complexity index is 954. The van der Waals surface area contributed by atoms with Crippen molar-refractivity contribution in [2.24, 2.45) is 0 Å². The molecule has 136 valence electrons. The van der Waals surface area contributed by atoms with Gasteiger partial charge in [-0.3, -0.25) is 14.2 Å². The van der Waals surface area contributed by atoms with Gasteiger partial charge in [-0.15, -0.1) is 0 Å². The van der Waals surface area contributed by atoms with Gasteiger partial charge in [0.05, 0.1) is 6.10 Å². The van der Waals surface area contributed by atoms with E-state index in [4.69, 9.17) is 0 Å². The highest BCUT2D eigenvalue weighted by molar-refractivity contribution is 5.97. The number of hydrogen-bond acceptors (Lipinski definition) is 6. The number of aromatic nitrogens is 3. The number of rotatable bonds is 2. The van der Waals surface area contributed by atoms with Gasteiger partial charge >= 0.3 is 0 Å². The summed E-state index contributed by atoms with van der Waals surface area (Å²) in [6.45, 7) is 3.62. The maximum absolute atomic E-state index is 13.2. The van der Waals surface area contributed by atoms with Crippen LogP contribution in [0.4, 0.5) is 11.5 Å². The number of fused-ring (bicyclic) bond motifs is 2. The van der Waals surface area contributed by atoms with Crippen LogP contribution in [-0.4, -0.2) is 31.7 Å². The molecule has 0 radical (unpaired) electrons. The number of carbonyl (C=O) groups is 1. The summed E-state index contributed by atoms with van der Waals surface area (Å²) in [5.74, 6) is 0.190. The van der Waals surface area contributed by atoms with Crippen molar-refractivity contribution < 1.29 is 9.90 Å². The molecular weight excluding hydrogens is 334 g/mol. The molecule has 0 saturated heterocycles. The monoisotopic (exact) mass is 355 g/mol. The van der Waals surface area contributed by atoms with Crippen LogP contribution in [0.2, 0.25) is 0 Å². The van der Waals surface area contributed by atoms with Crippen LogP contribution in [0.25, 0.3) is 0 Å². The molecule has 1 fully saturated rings. The maximum atomic E-state index is 13.2. The molecule has 2 atom stereocenters. The summed E-state index contributed by atoms with van der Waals surface area (Å²) >= 11 is 0. The number of aliphatic hydroxyl groups is 1. The third-order valence-electron chi connectivity index (χ3n) is 5.24. The van der Waals surface area contributed by atoms with Gasteiger partial charge in [0.2, 0.25) is 0 Å². The average molecular weight is 355 g/mol. The van der Waals surface area contributed by atoms with Crippen LogP contribution in [-0.2, 0) is 5.66 Å². The maximum Gasteiger partial charge on any atom is 0.276 e. The Labute approximate surface area is 150 Å². The second-order valence-corrected chi connectivity index (χ2v) is 7.04. The Morgan fingerprint density at radius 3 is 2.81 bits per heavy atom. The molecule has 0 aromatic carbocycles. The van der Waals surface area contributed by atoms with E-state index in [-0.39, 0.29) is 11.5 Å². The van der Waals surface area contributed by atoms with E-state index in [1.807, 2.05) is 6.92 Å².